The van der Waals surface area contributed by atoms with Crippen LogP contribution in [0.15, 0.2) is 40.8 Å². The molecule has 1 heterocycles. The van der Waals surface area contributed by atoms with Crippen molar-refractivity contribution >= 4 is 18.1 Å². The molecule has 5 heteroatoms. The number of carbonyl (C=O) groups excluding carboxylic acids is 2. The molecule has 0 spiro atoms. The average Bonchev–Trinajstić information content (AvgIpc) is 2.85. The molecule has 0 fully saturated rings. The second-order valence-electron chi connectivity index (χ2n) is 5.53. The number of ether oxygens (including phenoxy) is 1. The SMILES string of the molecule is CC(C)(C)OC(=O)Nc1cccc(-c2ccc(C=O)o2)c1. The van der Waals surface area contributed by atoms with E-state index in [-0.39, 0.29) is 5.76 Å². The zero-order valence-corrected chi connectivity index (χ0v) is 12.2. The topological polar surface area (TPSA) is 68.5 Å². The molecule has 0 bridgehead atoms. The van der Waals surface area contributed by atoms with E-state index in [1.807, 2.05) is 6.07 Å². The van der Waals surface area contributed by atoms with Crippen molar-refractivity contribution < 1.29 is 18.7 Å². The third-order valence-corrected chi connectivity index (χ3v) is 2.54. The van der Waals surface area contributed by atoms with Gasteiger partial charge in [-0.2, -0.15) is 0 Å². The number of hydrogen-bond donors (Lipinski definition) is 1. The van der Waals surface area contributed by atoms with E-state index in [4.69, 9.17) is 9.15 Å². The van der Waals surface area contributed by atoms with E-state index < -0.39 is 11.7 Å². The Labute approximate surface area is 122 Å². The summed E-state index contributed by atoms with van der Waals surface area (Å²) in [7, 11) is 0. The summed E-state index contributed by atoms with van der Waals surface area (Å²) >= 11 is 0. The Morgan fingerprint density at radius 2 is 2.00 bits per heavy atom. The number of rotatable bonds is 3. The predicted octanol–water partition coefficient (Wildman–Crippen LogP) is 4.11. The summed E-state index contributed by atoms with van der Waals surface area (Å²) in [6.45, 7) is 5.40. The highest BCUT2D eigenvalue weighted by Gasteiger charge is 2.16. The van der Waals surface area contributed by atoms with Gasteiger partial charge in [0.2, 0.25) is 0 Å². The largest absolute Gasteiger partial charge is 0.453 e. The minimum Gasteiger partial charge on any atom is -0.453 e. The number of carbonyl (C=O) groups is 2. The molecule has 0 aliphatic heterocycles. The molecule has 1 aromatic carbocycles. The summed E-state index contributed by atoms with van der Waals surface area (Å²) in [6, 6.07) is 10.4. The van der Waals surface area contributed by atoms with Crippen LogP contribution in [0.5, 0.6) is 0 Å². The maximum absolute atomic E-state index is 11.7. The first-order valence-corrected chi connectivity index (χ1v) is 6.53. The smallest absolute Gasteiger partial charge is 0.412 e. The molecule has 1 amide bonds. The van der Waals surface area contributed by atoms with Crippen LogP contribution in [0, 0.1) is 0 Å². The maximum Gasteiger partial charge on any atom is 0.412 e. The molecule has 1 N–H and O–H groups in total. The fourth-order valence-electron chi connectivity index (χ4n) is 1.74. The monoisotopic (exact) mass is 287 g/mol. The molecule has 2 aromatic rings. The molecule has 0 saturated carbocycles. The molecule has 0 saturated heterocycles. The molecule has 21 heavy (non-hydrogen) atoms. The Balaban J connectivity index is 2.14. The second-order valence-corrected chi connectivity index (χ2v) is 5.53. The first kappa shape index (κ1) is 14.8. The van der Waals surface area contributed by atoms with Crippen LogP contribution < -0.4 is 5.32 Å². The van der Waals surface area contributed by atoms with Gasteiger partial charge in [-0.25, -0.2) is 4.79 Å². The minimum absolute atomic E-state index is 0.260. The maximum atomic E-state index is 11.7. The molecule has 1 aromatic heterocycles. The van der Waals surface area contributed by atoms with E-state index >= 15 is 0 Å². The van der Waals surface area contributed by atoms with Crippen LogP contribution in [-0.2, 0) is 4.74 Å². The van der Waals surface area contributed by atoms with Crippen molar-refractivity contribution in [3.05, 3.63) is 42.2 Å². The van der Waals surface area contributed by atoms with E-state index in [9.17, 15) is 9.59 Å². The quantitative estimate of drug-likeness (QED) is 0.863. The number of nitrogens with one attached hydrogen (secondary N) is 1. The summed E-state index contributed by atoms with van der Waals surface area (Å²) in [6.07, 6.45) is 0.124. The molecule has 0 radical (unpaired) electrons. The molecule has 5 nitrogen and oxygen atoms in total. The fraction of sp³-hybridized carbons (Fsp3) is 0.250. The Bertz CT molecular complexity index is 652. The van der Waals surface area contributed by atoms with Crippen molar-refractivity contribution in [1.82, 2.24) is 0 Å². The fourth-order valence-corrected chi connectivity index (χ4v) is 1.74. The van der Waals surface area contributed by atoms with Crippen LogP contribution in [0.25, 0.3) is 11.3 Å². The molecular weight excluding hydrogens is 270 g/mol. The van der Waals surface area contributed by atoms with Gasteiger partial charge < -0.3 is 9.15 Å². The molecule has 0 atom stereocenters. The van der Waals surface area contributed by atoms with E-state index in [2.05, 4.69) is 5.32 Å². The summed E-state index contributed by atoms with van der Waals surface area (Å²) < 4.78 is 10.5. The number of furan rings is 1. The average molecular weight is 287 g/mol. The van der Waals surface area contributed by atoms with Gasteiger partial charge in [0.1, 0.15) is 11.4 Å². The molecule has 2 rings (SSSR count). The van der Waals surface area contributed by atoms with Gasteiger partial charge in [0.15, 0.2) is 12.0 Å². The van der Waals surface area contributed by atoms with Crippen molar-refractivity contribution in [3.63, 3.8) is 0 Å². The van der Waals surface area contributed by atoms with Gasteiger partial charge in [-0.1, -0.05) is 12.1 Å². The van der Waals surface area contributed by atoms with Crippen molar-refractivity contribution in [2.24, 2.45) is 0 Å². The van der Waals surface area contributed by atoms with Gasteiger partial charge in [-0.15, -0.1) is 0 Å². The van der Waals surface area contributed by atoms with Crippen LogP contribution in [0.3, 0.4) is 0 Å². The predicted molar refractivity (Wildman–Crippen MR) is 79.4 cm³/mol. The zero-order chi connectivity index (χ0) is 15.5. The molecule has 110 valence electrons. The van der Waals surface area contributed by atoms with E-state index in [0.717, 1.165) is 5.56 Å². The summed E-state index contributed by atoms with van der Waals surface area (Å²) in [5.74, 6) is 0.820. The highest BCUT2D eigenvalue weighted by Crippen LogP contribution is 2.24. The van der Waals surface area contributed by atoms with Gasteiger partial charge in [0.05, 0.1) is 0 Å². The standard InChI is InChI=1S/C16H17NO4/c1-16(2,3)21-15(19)17-12-6-4-5-11(9-12)14-8-7-13(10-18)20-14/h4-10H,1-3H3,(H,17,19). The first-order chi connectivity index (χ1) is 9.87. The third kappa shape index (κ3) is 4.21. The van der Waals surface area contributed by atoms with Crippen LogP contribution in [-0.4, -0.2) is 18.0 Å². The van der Waals surface area contributed by atoms with Crippen LogP contribution in [0.1, 0.15) is 31.3 Å². The number of anilines is 1. The molecule has 0 unspecified atom stereocenters. The van der Waals surface area contributed by atoms with E-state index in [1.165, 1.54) is 0 Å². The highest BCUT2D eigenvalue weighted by molar-refractivity contribution is 5.86. The number of amides is 1. The summed E-state index contributed by atoms with van der Waals surface area (Å²) in [5.41, 5.74) is 0.796. The van der Waals surface area contributed by atoms with Crippen LogP contribution >= 0.6 is 0 Å². The van der Waals surface area contributed by atoms with Crippen LogP contribution in [0.4, 0.5) is 10.5 Å². The van der Waals surface area contributed by atoms with Crippen molar-refractivity contribution in [2.75, 3.05) is 5.32 Å². The van der Waals surface area contributed by atoms with Gasteiger partial charge in [-0.05, 0) is 45.0 Å². The lowest BCUT2D eigenvalue weighted by Gasteiger charge is -2.19. The van der Waals surface area contributed by atoms with Crippen molar-refractivity contribution in [1.29, 1.82) is 0 Å². The number of hydrogen-bond acceptors (Lipinski definition) is 4. The van der Waals surface area contributed by atoms with Gasteiger partial charge in [0.25, 0.3) is 0 Å². The Morgan fingerprint density at radius 1 is 1.24 bits per heavy atom. The first-order valence-electron chi connectivity index (χ1n) is 6.53. The second kappa shape index (κ2) is 5.83. The Morgan fingerprint density at radius 3 is 2.62 bits per heavy atom. The van der Waals surface area contributed by atoms with Crippen molar-refractivity contribution in [3.8, 4) is 11.3 Å². The lowest BCUT2D eigenvalue weighted by atomic mass is 10.1. The third-order valence-electron chi connectivity index (χ3n) is 2.54. The van der Waals surface area contributed by atoms with Gasteiger partial charge in [0, 0.05) is 11.3 Å². The van der Waals surface area contributed by atoms with E-state index in [1.54, 1.807) is 51.1 Å². The molecule has 0 aliphatic carbocycles. The lowest BCUT2D eigenvalue weighted by molar-refractivity contribution is 0.0636. The lowest BCUT2D eigenvalue weighted by Crippen LogP contribution is -2.27. The summed E-state index contributed by atoms with van der Waals surface area (Å²) in [5, 5.41) is 2.66. The van der Waals surface area contributed by atoms with Crippen LogP contribution in [0.2, 0.25) is 0 Å². The molecule has 0 aliphatic rings. The van der Waals surface area contributed by atoms with Crippen molar-refractivity contribution in [2.45, 2.75) is 26.4 Å². The molecular formula is C16H17NO4. The Hall–Kier alpha value is -2.56. The van der Waals surface area contributed by atoms with Gasteiger partial charge in [-0.3, -0.25) is 10.1 Å². The summed E-state index contributed by atoms with van der Waals surface area (Å²) in [4.78, 5) is 22.4. The van der Waals surface area contributed by atoms with Gasteiger partial charge >= 0.3 is 6.09 Å². The highest BCUT2D eigenvalue weighted by atomic mass is 16.6. The number of benzene rings is 1. The normalized spacial score (nSPS) is 11.0. The van der Waals surface area contributed by atoms with E-state index in [0.29, 0.717) is 17.7 Å². The zero-order valence-electron chi connectivity index (χ0n) is 12.2. The number of aldehydes is 1. The minimum atomic E-state index is -0.554. The Kier molecular flexibility index (Phi) is 4.12.